The first-order valence-corrected chi connectivity index (χ1v) is 12.8. The zero-order valence-corrected chi connectivity index (χ0v) is 17.5. The Kier molecular flexibility index (Phi) is 10.7. The molecule has 0 aliphatic rings. The van der Waals surface area contributed by atoms with Crippen molar-refractivity contribution in [2.24, 2.45) is 11.8 Å². The quantitative estimate of drug-likeness (QED) is 0.120. The van der Waals surface area contributed by atoms with Gasteiger partial charge in [0, 0.05) is 25.0 Å². The minimum Gasteiger partial charge on any atom is -0.356 e. The van der Waals surface area contributed by atoms with Gasteiger partial charge in [-0.3, -0.25) is 0 Å². The number of ether oxygens (including phenoxy) is 2. The number of halogens is 1. The molecule has 120 valence electrons. The van der Waals surface area contributed by atoms with Crippen molar-refractivity contribution >= 4 is 30.7 Å². The lowest BCUT2D eigenvalue weighted by atomic mass is 9.93. The van der Waals surface area contributed by atoms with Crippen LogP contribution in [0.2, 0.25) is 25.7 Å². The highest BCUT2D eigenvalue weighted by Crippen LogP contribution is 2.21. The van der Waals surface area contributed by atoms with Gasteiger partial charge in [-0.2, -0.15) is 0 Å². The fraction of sp³-hybridized carbons (Fsp3) is 0.875. The summed E-state index contributed by atoms with van der Waals surface area (Å²) in [7, 11) is -0.998. The lowest BCUT2D eigenvalue weighted by Crippen LogP contribution is -2.30. The van der Waals surface area contributed by atoms with Crippen molar-refractivity contribution in [3.05, 3.63) is 11.6 Å². The molecular formula is C16H33IO2Si. The molecule has 0 unspecified atom stereocenters. The maximum atomic E-state index is 6.02. The predicted molar refractivity (Wildman–Crippen MR) is 100 cm³/mol. The number of allylic oxidation sites excluding steroid dienone is 1. The van der Waals surface area contributed by atoms with E-state index < -0.39 is 8.07 Å². The van der Waals surface area contributed by atoms with Gasteiger partial charge in [0.2, 0.25) is 0 Å². The smallest absolute Gasteiger partial charge is 0.147 e. The Morgan fingerprint density at radius 3 is 2.25 bits per heavy atom. The molecule has 0 bridgehead atoms. The van der Waals surface area contributed by atoms with Crippen molar-refractivity contribution in [2.75, 3.05) is 17.8 Å². The van der Waals surface area contributed by atoms with E-state index in [0.29, 0.717) is 18.6 Å². The molecule has 0 saturated heterocycles. The second-order valence-electron chi connectivity index (χ2n) is 7.20. The van der Waals surface area contributed by atoms with E-state index in [2.05, 4.69) is 76.0 Å². The Bertz CT molecular complexity index is 283. The summed E-state index contributed by atoms with van der Waals surface area (Å²) >= 11 is 2.44. The van der Waals surface area contributed by atoms with E-state index in [1.54, 1.807) is 0 Å². The fourth-order valence-electron chi connectivity index (χ4n) is 2.11. The molecule has 0 aliphatic carbocycles. The monoisotopic (exact) mass is 412 g/mol. The third-order valence-electron chi connectivity index (χ3n) is 3.26. The molecule has 0 aromatic carbocycles. The first-order valence-electron chi connectivity index (χ1n) is 7.57. The molecule has 2 nitrogen and oxygen atoms in total. The number of hydrogen-bond donors (Lipinski definition) is 0. The van der Waals surface area contributed by atoms with Gasteiger partial charge in [0.1, 0.15) is 6.79 Å². The van der Waals surface area contributed by atoms with Crippen LogP contribution in [-0.2, 0) is 9.47 Å². The van der Waals surface area contributed by atoms with Crippen LogP contribution >= 0.6 is 22.6 Å². The van der Waals surface area contributed by atoms with Crippen LogP contribution in [0.15, 0.2) is 11.6 Å². The van der Waals surface area contributed by atoms with Gasteiger partial charge in [-0.1, -0.05) is 67.7 Å². The van der Waals surface area contributed by atoms with Crippen molar-refractivity contribution in [1.82, 2.24) is 0 Å². The Morgan fingerprint density at radius 2 is 1.80 bits per heavy atom. The van der Waals surface area contributed by atoms with E-state index in [1.807, 2.05) is 0 Å². The van der Waals surface area contributed by atoms with Gasteiger partial charge in [-0.15, -0.1) is 0 Å². The van der Waals surface area contributed by atoms with E-state index in [4.69, 9.17) is 9.47 Å². The normalized spacial score (nSPS) is 16.6. The topological polar surface area (TPSA) is 18.5 Å². The first kappa shape index (κ1) is 20.6. The lowest BCUT2D eigenvalue weighted by Gasteiger charge is -2.27. The maximum absolute atomic E-state index is 6.02. The third-order valence-corrected chi connectivity index (χ3v) is 6.35. The van der Waals surface area contributed by atoms with Crippen LogP contribution in [0.4, 0.5) is 0 Å². The molecular weight excluding hydrogens is 379 g/mol. The first-order chi connectivity index (χ1) is 9.17. The van der Waals surface area contributed by atoms with Gasteiger partial charge in [0.25, 0.3) is 0 Å². The van der Waals surface area contributed by atoms with Crippen LogP contribution in [0.1, 0.15) is 27.7 Å². The van der Waals surface area contributed by atoms with Crippen molar-refractivity contribution in [2.45, 2.75) is 59.5 Å². The Morgan fingerprint density at radius 1 is 1.20 bits per heavy atom. The van der Waals surface area contributed by atoms with Crippen LogP contribution in [0.3, 0.4) is 0 Å². The van der Waals surface area contributed by atoms with Gasteiger partial charge >= 0.3 is 0 Å². The third kappa shape index (κ3) is 10.4. The summed E-state index contributed by atoms with van der Waals surface area (Å²) in [6, 6.07) is 1.20. The summed E-state index contributed by atoms with van der Waals surface area (Å²) in [4.78, 5) is 0. The molecule has 0 rings (SSSR count). The van der Waals surface area contributed by atoms with Crippen LogP contribution < -0.4 is 0 Å². The molecule has 20 heavy (non-hydrogen) atoms. The number of rotatable bonds is 10. The number of alkyl halides is 1. The molecule has 0 amide bonds. The van der Waals surface area contributed by atoms with E-state index >= 15 is 0 Å². The second-order valence-corrected chi connectivity index (χ2v) is 13.7. The molecule has 0 aromatic heterocycles. The van der Waals surface area contributed by atoms with Gasteiger partial charge in [-0.05, 0) is 25.8 Å². The Labute approximate surface area is 140 Å². The highest BCUT2D eigenvalue weighted by molar-refractivity contribution is 14.1. The van der Waals surface area contributed by atoms with Crippen LogP contribution in [0.25, 0.3) is 0 Å². The average Bonchev–Trinajstić information content (AvgIpc) is 2.30. The largest absolute Gasteiger partial charge is 0.356 e. The van der Waals surface area contributed by atoms with E-state index in [9.17, 15) is 0 Å². The maximum Gasteiger partial charge on any atom is 0.147 e. The zero-order chi connectivity index (χ0) is 15.8. The highest BCUT2D eigenvalue weighted by atomic mass is 127. The van der Waals surface area contributed by atoms with Crippen molar-refractivity contribution in [3.63, 3.8) is 0 Å². The van der Waals surface area contributed by atoms with Gasteiger partial charge in [0.15, 0.2) is 0 Å². The molecule has 4 heteroatoms. The molecule has 0 heterocycles. The van der Waals surface area contributed by atoms with Gasteiger partial charge in [-0.25, -0.2) is 0 Å². The van der Waals surface area contributed by atoms with Crippen molar-refractivity contribution < 1.29 is 9.47 Å². The summed E-state index contributed by atoms with van der Waals surface area (Å²) < 4.78 is 12.8. The molecule has 0 N–H and O–H groups in total. The van der Waals surface area contributed by atoms with E-state index in [0.717, 1.165) is 11.0 Å². The molecule has 3 atom stereocenters. The van der Waals surface area contributed by atoms with E-state index in [1.165, 1.54) is 11.6 Å². The molecule has 0 saturated carbocycles. The Hall–Kier alpha value is 0.607. The van der Waals surface area contributed by atoms with Crippen LogP contribution in [-0.4, -0.2) is 32.0 Å². The highest BCUT2D eigenvalue weighted by Gasteiger charge is 2.22. The molecule has 0 aliphatic heterocycles. The minimum atomic E-state index is -0.998. The summed E-state index contributed by atoms with van der Waals surface area (Å²) in [5.74, 6) is 0.979. The zero-order valence-electron chi connectivity index (χ0n) is 14.3. The van der Waals surface area contributed by atoms with Crippen molar-refractivity contribution in [1.29, 1.82) is 0 Å². The number of hydrogen-bond acceptors (Lipinski definition) is 2. The van der Waals surface area contributed by atoms with Crippen molar-refractivity contribution in [3.8, 4) is 0 Å². The minimum absolute atomic E-state index is 0.244. The van der Waals surface area contributed by atoms with Gasteiger partial charge < -0.3 is 9.47 Å². The second kappa shape index (κ2) is 10.4. The fourth-order valence-corrected chi connectivity index (χ4v) is 3.36. The van der Waals surface area contributed by atoms with Gasteiger partial charge in [0.05, 0.1) is 6.10 Å². The standard InChI is InChI=1S/C16H33IO2Si/c1-13(2)10-14(3)16(15(4)11-17)19-12-18-8-9-20(5,6)7/h10,14-16H,8-9,11-12H2,1-7H3/t14-,15-,16+/m0/s1. The Balaban J connectivity index is 4.22. The van der Waals surface area contributed by atoms with Crippen LogP contribution in [0, 0.1) is 11.8 Å². The van der Waals surface area contributed by atoms with E-state index in [-0.39, 0.29) is 6.10 Å². The molecule has 0 fully saturated rings. The lowest BCUT2D eigenvalue weighted by molar-refractivity contribution is -0.109. The summed E-state index contributed by atoms with van der Waals surface area (Å²) in [6.07, 6.45) is 2.55. The average molecular weight is 412 g/mol. The summed E-state index contributed by atoms with van der Waals surface area (Å²) in [5, 5.41) is 0. The van der Waals surface area contributed by atoms with Crippen LogP contribution in [0.5, 0.6) is 0 Å². The molecule has 0 aromatic rings. The SMILES string of the molecule is CC(C)=C[C@H](C)[C@@H](OCOCC[Si](C)(C)C)[C@@H](C)CI. The summed E-state index contributed by atoms with van der Waals surface area (Å²) in [6.45, 7) is 17.2. The summed E-state index contributed by atoms with van der Waals surface area (Å²) in [5.41, 5.74) is 1.35. The molecule has 0 radical (unpaired) electrons. The predicted octanol–water partition coefficient (Wildman–Crippen LogP) is 5.36. The molecule has 0 spiro atoms.